The average molecular weight is 265 g/mol. The van der Waals surface area contributed by atoms with Gasteiger partial charge in [-0.3, -0.25) is 9.69 Å². The largest absolute Gasteiger partial charge is 0.396 e. The van der Waals surface area contributed by atoms with Gasteiger partial charge in [-0.15, -0.1) is 0 Å². The summed E-state index contributed by atoms with van der Waals surface area (Å²) < 4.78 is 0. The number of amides is 1. The molecule has 1 aliphatic heterocycles. The quantitative estimate of drug-likeness (QED) is 0.782. The zero-order valence-corrected chi connectivity index (χ0v) is 11.4. The van der Waals surface area contributed by atoms with Crippen molar-refractivity contribution in [2.75, 3.05) is 26.2 Å². The minimum atomic E-state index is -0.611. The summed E-state index contributed by atoms with van der Waals surface area (Å²) in [5.74, 6) is 0.352. The number of nitriles is 1. The van der Waals surface area contributed by atoms with Gasteiger partial charge in [-0.1, -0.05) is 0 Å². The van der Waals surface area contributed by atoms with Crippen molar-refractivity contribution in [1.29, 1.82) is 5.26 Å². The zero-order valence-electron chi connectivity index (χ0n) is 11.4. The molecule has 0 atom stereocenters. The van der Waals surface area contributed by atoms with Crippen molar-refractivity contribution in [3.8, 4) is 6.07 Å². The summed E-state index contributed by atoms with van der Waals surface area (Å²) in [7, 11) is 0. The van der Waals surface area contributed by atoms with Crippen molar-refractivity contribution >= 4 is 5.91 Å². The average Bonchev–Trinajstić information content (AvgIpc) is 2.88. The van der Waals surface area contributed by atoms with E-state index in [4.69, 9.17) is 5.11 Å². The van der Waals surface area contributed by atoms with Crippen LogP contribution < -0.4 is 5.32 Å². The number of hydrogen-bond acceptors (Lipinski definition) is 4. The van der Waals surface area contributed by atoms with Crippen molar-refractivity contribution < 1.29 is 9.90 Å². The zero-order chi connectivity index (χ0) is 13.7. The fraction of sp³-hybridized carbons (Fsp3) is 0.857. The first-order chi connectivity index (χ1) is 9.17. The summed E-state index contributed by atoms with van der Waals surface area (Å²) in [4.78, 5) is 14.1. The lowest BCUT2D eigenvalue weighted by molar-refractivity contribution is -0.124. The maximum Gasteiger partial charge on any atom is 0.235 e. The standard InChI is InChI=1S/C14H23N3O2/c15-11-14(5-1-2-6-14)16-13(19)9-17-7-3-12(10-18)4-8-17/h12,18H,1-10H2,(H,16,19). The summed E-state index contributed by atoms with van der Waals surface area (Å²) in [5.41, 5.74) is -0.611. The Morgan fingerprint density at radius 2 is 2.00 bits per heavy atom. The minimum Gasteiger partial charge on any atom is -0.396 e. The van der Waals surface area contributed by atoms with Gasteiger partial charge in [0.25, 0.3) is 0 Å². The number of aliphatic hydroxyl groups is 1. The Balaban J connectivity index is 1.77. The Labute approximate surface area is 114 Å². The lowest BCUT2D eigenvalue weighted by Gasteiger charge is -2.31. The number of hydrogen-bond donors (Lipinski definition) is 2. The van der Waals surface area contributed by atoms with E-state index in [1.807, 2.05) is 0 Å². The van der Waals surface area contributed by atoms with Crippen molar-refractivity contribution in [1.82, 2.24) is 10.2 Å². The second kappa shape index (κ2) is 6.36. The van der Waals surface area contributed by atoms with E-state index in [1.165, 1.54) is 0 Å². The monoisotopic (exact) mass is 265 g/mol. The normalized spacial score (nSPS) is 24.0. The number of piperidine rings is 1. The van der Waals surface area contributed by atoms with Gasteiger partial charge >= 0.3 is 0 Å². The van der Waals surface area contributed by atoms with Crippen LogP contribution in [0.4, 0.5) is 0 Å². The number of likely N-dealkylation sites (tertiary alicyclic amines) is 1. The summed E-state index contributed by atoms with van der Waals surface area (Å²) >= 11 is 0. The lowest BCUT2D eigenvalue weighted by Crippen LogP contribution is -2.50. The Morgan fingerprint density at radius 3 is 2.53 bits per heavy atom. The molecule has 5 nitrogen and oxygen atoms in total. The number of carbonyl (C=O) groups excluding carboxylic acids is 1. The molecule has 106 valence electrons. The van der Waals surface area contributed by atoms with Crippen LogP contribution in [0.15, 0.2) is 0 Å². The van der Waals surface area contributed by atoms with Gasteiger partial charge in [0.1, 0.15) is 5.54 Å². The molecule has 0 spiro atoms. The molecule has 1 saturated heterocycles. The van der Waals surface area contributed by atoms with Crippen LogP contribution in [0.5, 0.6) is 0 Å². The highest BCUT2D eigenvalue weighted by Crippen LogP contribution is 2.28. The van der Waals surface area contributed by atoms with E-state index >= 15 is 0 Å². The van der Waals surface area contributed by atoms with Crippen LogP contribution in [0.25, 0.3) is 0 Å². The van der Waals surface area contributed by atoms with E-state index in [2.05, 4.69) is 16.3 Å². The predicted molar refractivity (Wildman–Crippen MR) is 71.2 cm³/mol. The highest BCUT2D eigenvalue weighted by Gasteiger charge is 2.35. The van der Waals surface area contributed by atoms with Crippen LogP contribution in [0.2, 0.25) is 0 Å². The highest BCUT2D eigenvalue weighted by molar-refractivity contribution is 5.79. The molecule has 0 aromatic carbocycles. The van der Waals surface area contributed by atoms with E-state index in [0.717, 1.165) is 51.6 Å². The Bertz CT molecular complexity index is 350. The Morgan fingerprint density at radius 1 is 1.37 bits per heavy atom. The van der Waals surface area contributed by atoms with Gasteiger partial charge in [0.2, 0.25) is 5.91 Å². The SMILES string of the molecule is N#CC1(NC(=O)CN2CCC(CO)CC2)CCCC1. The first-order valence-electron chi connectivity index (χ1n) is 7.23. The van der Waals surface area contributed by atoms with E-state index in [-0.39, 0.29) is 12.5 Å². The maximum absolute atomic E-state index is 12.0. The van der Waals surface area contributed by atoms with Gasteiger partial charge in [-0.25, -0.2) is 0 Å². The molecule has 2 N–H and O–H groups in total. The van der Waals surface area contributed by atoms with Crippen LogP contribution in [-0.4, -0.2) is 47.7 Å². The van der Waals surface area contributed by atoms with Crippen LogP contribution in [0.1, 0.15) is 38.5 Å². The van der Waals surface area contributed by atoms with Crippen molar-refractivity contribution in [3.63, 3.8) is 0 Å². The molecule has 1 saturated carbocycles. The molecule has 0 aromatic rings. The van der Waals surface area contributed by atoms with Crippen molar-refractivity contribution in [2.24, 2.45) is 5.92 Å². The summed E-state index contributed by atoms with van der Waals surface area (Å²) in [6.07, 6.45) is 5.51. The molecule has 2 fully saturated rings. The van der Waals surface area contributed by atoms with Gasteiger partial charge < -0.3 is 10.4 Å². The Hall–Kier alpha value is -1.12. The highest BCUT2D eigenvalue weighted by atomic mass is 16.3. The molecular formula is C14H23N3O2. The van der Waals surface area contributed by atoms with Crippen LogP contribution in [-0.2, 0) is 4.79 Å². The number of nitrogens with zero attached hydrogens (tertiary/aromatic N) is 2. The molecule has 0 bridgehead atoms. The Kier molecular flexibility index (Phi) is 4.78. The van der Waals surface area contributed by atoms with Crippen LogP contribution in [0, 0.1) is 17.2 Å². The molecule has 1 heterocycles. The second-order valence-corrected chi connectivity index (χ2v) is 5.85. The molecule has 1 aliphatic carbocycles. The van der Waals surface area contributed by atoms with Crippen LogP contribution in [0.3, 0.4) is 0 Å². The van der Waals surface area contributed by atoms with E-state index in [0.29, 0.717) is 12.5 Å². The third-order valence-corrected chi connectivity index (χ3v) is 4.38. The molecule has 0 unspecified atom stereocenters. The van der Waals surface area contributed by atoms with Gasteiger partial charge in [0, 0.05) is 6.61 Å². The molecular weight excluding hydrogens is 242 g/mol. The topological polar surface area (TPSA) is 76.4 Å². The smallest absolute Gasteiger partial charge is 0.235 e. The van der Waals surface area contributed by atoms with E-state index in [9.17, 15) is 10.1 Å². The number of aliphatic hydroxyl groups excluding tert-OH is 1. The number of nitrogens with one attached hydrogen (secondary N) is 1. The van der Waals surface area contributed by atoms with Gasteiger partial charge in [0.05, 0.1) is 12.6 Å². The van der Waals surface area contributed by atoms with Crippen molar-refractivity contribution in [3.05, 3.63) is 0 Å². The molecule has 2 rings (SSSR count). The molecule has 0 aromatic heterocycles. The first kappa shape index (κ1) is 14.3. The molecule has 5 heteroatoms. The third-order valence-electron chi connectivity index (χ3n) is 4.38. The fourth-order valence-electron chi connectivity index (χ4n) is 3.08. The third kappa shape index (κ3) is 3.68. The number of carbonyl (C=O) groups is 1. The molecule has 2 aliphatic rings. The fourth-order valence-corrected chi connectivity index (χ4v) is 3.08. The van der Waals surface area contributed by atoms with E-state index in [1.54, 1.807) is 0 Å². The first-order valence-corrected chi connectivity index (χ1v) is 7.23. The summed E-state index contributed by atoms with van der Waals surface area (Å²) in [6.45, 7) is 2.34. The summed E-state index contributed by atoms with van der Waals surface area (Å²) in [5, 5.41) is 21.2. The second-order valence-electron chi connectivity index (χ2n) is 5.85. The van der Waals surface area contributed by atoms with E-state index < -0.39 is 5.54 Å². The molecule has 19 heavy (non-hydrogen) atoms. The summed E-state index contributed by atoms with van der Waals surface area (Å²) in [6, 6.07) is 2.28. The van der Waals surface area contributed by atoms with Crippen molar-refractivity contribution in [2.45, 2.75) is 44.1 Å². The van der Waals surface area contributed by atoms with Gasteiger partial charge in [0.15, 0.2) is 0 Å². The maximum atomic E-state index is 12.0. The van der Waals surface area contributed by atoms with Gasteiger partial charge in [-0.05, 0) is 57.5 Å². The predicted octanol–water partition coefficient (Wildman–Crippen LogP) is 0.643. The molecule has 0 radical (unpaired) electrons. The van der Waals surface area contributed by atoms with Gasteiger partial charge in [-0.2, -0.15) is 5.26 Å². The minimum absolute atomic E-state index is 0.0362. The van der Waals surface area contributed by atoms with Crippen LogP contribution >= 0.6 is 0 Å². The number of rotatable bonds is 4. The lowest BCUT2D eigenvalue weighted by atomic mass is 9.97. The molecule has 1 amide bonds.